The fourth-order valence-corrected chi connectivity index (χ4v) is 3.00. The third-order valence-electron chi connectivity index (χ3n) is 4.60. The van der Waals surface area contributed by atoms with Gasteiger partial charge < -0.3 is 9.88 Å². The van der Waals surface area contributed by atoms with E-state index in [2.05, 4.69) is 10.1 Å². The van der Waals surface area contributed by atoms with Gasteiger partial charge in [0.2, 0.25) is 0 Å². The van der Waals surface area contributed by atoms with Crippen LogP contribution in [0.1, 0.15) is 40.4 Å². The zero-order chi connectivity index (χ0) is 18.1. The first-order chi connectivity index (χ1) is 12.6. The lowest BCUT2D eigenvalue weighted by Crippen LogP contribution is -2.31. The Labute approximate surface area is 151 Å². The van der Waals surface area contributed by atoms with Crippen LogP contribution >= 0.6 is 0 Å². The number of para-hydroxylation sites is 1. The second-order valence-corrected chi connectivity index (χ2v) is 6.72. The van der Waals surface area contributed by atoms with Gasteiger partial charge in [-0.05, 0) is 43.0 Å². The van der Waals surface area contributed by atoms with Gasteiger partial charge in [0.15, 0.2) is 0 Å². The molecule has 0 spiro atoms. The number of pyridine rings is 1. The van der Waals surface area contributed by atoms with E-state index >= 15 is 0 Å². The van der Waals surface area contributed by atoms with Crippen LogP contribution in [-0.4, -0.2) is 32.6 Å². The average molecular weight is 348 g/mol. The van der Waals surface area contributed by atoms with Crippen LogP contribution in [0.3, 0.4) is 0 Å². The van der Waals surface area contributed by atoms with E-state index in [0.29, 0.717) is 12.5 Å². The van der Waals surface area contributed by atoms with Gasteiger partial charge in [-0.25, -0.2) is 4.68 Å². The summed E-state index contributed by atoms with van der Waals surface area (Å²) in [6, 6.07) is 13.3. The van der Waals surface area contributed by atoms with Crippen molar-refractivity contribution in [3.05, 3.63) is 82.0 Å². The Bertz CT molecular complexity index is 986. The second-order valence-electron chi connectivity index (χ2n) is 6.72. The number of nitrogens with one attached hydrogen (secondary N) is 1. The normalized spacial score (nSPS) is 13.6. The molecule has 2 aromatic heterocycles. The van der Waals surface area contributed by atoms with Gasteiger partial charge in [-0.2, -0.15) is 5.10 Å². The van der Waals surface area contributed by atoms with Gasteiger partial charge in [-0.1, -0.05) is 18.2 Å². The maximum atomic E-state index is 12.6. The van der Waals surface area contributed by atoms with Gasteiger partial charge in [-0.15, -0.1) is 0 Å². The molecule has 2 heterocycles. The Morgan fingerprint density at radius 3 is 2.69 bits per heavy atom. The number of carbonyl (C=O) groups is 1. The Morgan fingerprint density at radius 1 is 1.23 bits per heavy atom. The minimum atomic E-state index is -0.314. The molecular weight excluding hydrogens is 328 g/mol. The molecule has 3 aromatic rings. The molecule has 1 aliphatic rings. The Kier molecular flexibility index (Phi) is 4.16. The highest BCUT2D eigenvalue weighted by Gasteiger charge is 2.25. The van der Waals surface area contributed by atoms with Crippen molar-refractivity contribution in [2.45, 2.75) is 25.3 Å². The number of benzene rings is 1. The van der Waals surface area contributed by atoms with Crippen LogP contribution < -0.4 is 5.56 Å². The van der Waals surface area contributed by atoms with Crippen molar-refractivity contribution >= 4 is 5.91 Å². The predicted octanol–water partition coefficient (Wildman–Crippen LogP) is 2.71. The van der Waals surface area contributed by atoms with Crippen LogP contribution in [0, 0.1) is 0 Å². The molecule has 0 radical (unpaired) electrons. The van der Waals surface area contributed by atoms with E-state index in [1.165, 1.54) is 4.90 Å². The van der Waals surface area contributed by atoms with E-state index in [9.17, 15) is 9.59 Å². The molecule has 0 aliphatic heterocycles. The lowest BCUT2D eigenvalue weighted by molar-refractivity contribution is 0.0783. The summed E-state index contributed by atoms with van der Waals surface area (Å²) in [6.07, 6.45) is 5.83. The van der Waals surface area contributed by atoms with Crippen molar-refractivity contribution in [2.24, 2.45) is 0 Å². The molecule has 0 bridgehead atoms. The number of hydrogen-bond acceptors (Lipinski definition) is 3. The lowest BCUT2D eigenvalue weighted by atomic mass is 10.2. The Morgan fingerprint density at radius 2 is 2.00 bits per heavy atom. The van der Waals surface area contributed by atoms with E-state index < -0.39 is 0 Å². The summed E-state index contributed by atoms with van der Waals surface area (Å²) >= 11 is 0. The van der Waals surface area contributed by atoms with Crippen molar-refractivity contribution in [2.75, 3.05) is 7.05 Å². The van der Waals surface area contributed by atoms with E-state index in [-0.39, 0.29) is 17.0 Å². The first-order valence-corrected chi connectivity index (χ1v) is 8.69. The van der Waals surface area contributed by atoms with Gasteiger partial charge in [-0.3, -0.25) is 9.59 Å². The number of carbonyl (C=O) groups excluding carboxylic acids is 1. The largest absolute Gasteiger partial charge is 0.337 e. The number of rotatable bonds is 5. The molecule has 1 fully saturated rings. The van der Waals surface area contributed by atoms with Gasteiger partial charge in [0.25, 0.3) is 11.5 Å². The predicted molar refractivity (Wildman–Crippen MR) is 98.4 cm³/mol. The number of aromatic nitrogens is 3. The molecule has 6 heteroatoms. The Hall–Kier alpha value is -3.15. The van der Waals surface area contributed by atoms with Crippen molar-refractivity contribution in [1.29, 1.82) is 0 Å². The van der Waals surface area contributed by atoms with E-state index in [0.717, 1.165) is 29.8 Å². The number of nitrogens with zero attached hydrogens (tertiary/aromatic N) is 3. The van der Waals surface area contributed by atoms with E-state index in [1.54, 1.807) is 24.0 Å². The molecule has 1 aliphatic carbocycles. The highest BCUT2D eigenvalue weighted by Crippen LogP contribution is 2.38. The van der Waals surface area contributed by atoms with Gasteiger partial charge in [0.05, 0.1) is 11.9 Å². The van der Waals surface area contributed by atoms with Gasteiger partial charge >= 0.3 is 0 Å². The maximum absolute atomic E-state index is 12.6. The van der Waals surface area contributed by atoms with Crippen molar-refractivity contribution in [3.8, 4) is 5.69 Å². The van der Waals surface area contributed by atoms with Crippen LogP contribution in [0.25, 0.3) is 5.69 Å². The maximum Gasteiger partial charge on any atom is 0.261 e. The fourth-order valence-electron chi connectivity index (χ4n) is 3.00. The zero-order valence-electron chi connectivity index (χ0n) is 14.6. The van der Waals surface area contributed by atoms with Crippen LogP contribution in [0.2, 0.25) is 0 Å². The van der Waals surface area contributed by atoms with Gasteiger partial charge in [0.1, 0.15) is 5.56 Å². The minimum absolute atomic E-state index is 0.173. The molecule has 1 N–H and O–H groups in total. The molecule has 132 valence electrons. The average Bonchev–Trinajstić information content (AvgIpc) is 3.41. The zero-order valence-corrected chi connectivity index (χ0v) is 14.6. The molecule has 6 nitrogen and oxygen atoms in total. The smallest absolute Gasteiger partial charge is 0.261 e. The topological polar surface area (TPSA) is 71.0 Å². The summed E-state index contributed by atoms with van der Waals surface area (Å²) in [5.41, 5.74) is 2.65. The monoisotopic (exact) mass is 348 g/mol. The number of hydrogen-bond donors (Lipinski definition) is 1. The Balaban J connectivity index is 1.48. The molecule has 26 heavy (non-hydrogen) atoms. The van der Waals surface area contributed by atoms with Crippen LogP contribution in [0.4, 0.5) is 0 Å². The molecular formula is C20H20N4O2. The molecule has 1 aromatic carbocycles. The number of aromatic amines is 1. The van der Waals surface area contributed by atoms with Crippen molar-refractivity contribution < 1.29 is 4.79 Å². The van der Waals surface area contributed by atoms with Gasteiger partial charge in [0, 0.05) is 31.0 Å². The van der Waals surface area contributed by atoms with Crippen LogP contribution in [0.5, 0.6) is 0 Å². The fraction of sp³-hybridized carbons (Fsp3) is 0.250. The minimum Gasteiger partial charge on any atom is -0.337 e. The third-order valence-corrected chi connectivity index (χ3v) is 4.60. The molecule has 1 amide bonds. The highest BCUT2D eigenvalue weighted by atomic mass is 16.2. The third kappa shape index (κ3) is 3.31. The quantitative estimate of drug-likeness (QED) is 0.771. The SMILES string of the molecule is CN(Cc1cnn(-c2ccccc2)c1)C(=O)c1ccc(C2CC2)[nH]c1=O. The summed E-state index contributed by atoms with van der Waals surface area (Å²) in [5, 5.41) is 4.34. The molecule has 0 saturated heterocycles. The highest BCUT2D eigenvalue weighted by molar-refractivity contribution is 5.93. The summed E-state index contributed by atoms with van der Waals surface area (Å²) in [6.45, 7) is 0.384. The van der Waals surface area contributed by atoms with Crippen molar-refractivity contribution in [3.63, 3.8) is 0 Å². The molecule has 0 unspecified atom stereocenters. The van der Waals surface area contributed by atoms with Crippen LogP contribution in [-0.2, 0) is 6.54 Å². The van der Waals surface area contributed by atoms with Crippen molar-refractivity contribution in [1.82, 2.24) is 19.7 Å². The first-order valence-electron chi connectivity index (χ1n) is 8.69. The first kappa shape index (κ1) is 16.3. The molecule has 0 atom stereocenters. The number of H-pyrrole nitrogens is 1. The lowest BCUT2D eigenvalue weighted by Gasteiger charge is -2.16. The summed E-state index contributed by atoms with van der Waals surface area (Å²) in [7, 11) is 1.69. The standard InChI is InChI=1S/C20H20N4O2/c1-23(12-14-11-21-24(13-14)16-5-3-2-4-6-16)20(26)17-9-10-18(15-7-8-15)22-19(17)25/h2-6,9-11,13,15H,7-8,12H2,1H3,(H,22,25). The molecule has 1 saturated carbocycles. The number of amides is 1. The molecule has 4 rings (SSSR count). The van der Waals surface area contributed by atoms with E-state index in [1.807, 2.05) is 42.6 Å². The summed E-state index contributed by atoms with van der Waals surface area (Å²) in [4.78, 5) is 29.2. The summed E-state index contributed by atoms with van der Waals surface area (Å²) < 4.78 is 1.77. The van der Waals surface area contributed by atoms with E-state index in [4.69, 9.17) is 0 Å². The second kappa shape index (κ2) is 6.63. The van der Waals surface area contributed by atoms with Crippen LogP contribution in [0.15, 0.2) is 59.7 Å². The summed E-state index contributed by atoms with van der Waals surface area (Å²) in [5.74, 6) is 0.162.